The van der Waals surface area contributed by atoms with Crippen molar-refractivity contribution in [2.24, 2.45) is 11.8 Å². The van der Waals surface area contributed by atoms with Gasteiger partial charge >= 0.3 is 0 Å². The van der Waals surface area contributed by atoms with E-state index in [4.69, 9.17) is 12.2 Å². The highest BCUT2D eigenvalue weighted by molar-refractivity contribution is 7.80. The number of hydrogen-bond donors (Lipinski definition) is 2. The highest BCUT2D eigenvalue weighted by atomic mass is 32.1. The summed E-state index contributed by atoms with van der Waals surface area (Å²) in [4.78, 5) is 11.5. The second-order valence-corrected chi connectivity index (χ2v) is 4.81. The van der Waals surface area contributed by atoms with Crippen molar-refractivity contribution in [2.45, 2.75) is 32.2 Å². The van der Waals surface area contributed by atoms with Crippen molar-refractivity contribution >= 4 is 23.2 Å². The van der Waals surface area contributed by atoms with E-state index in [-0.39, 0.29) is 11.4 Å². The second kappa shape index (κ2) is 2.67. The molecular weight excluding hydrogens is 184 g/mol. The van der Waals surface area contributed by atoms with Crippen molar-refractivity contribution < 1.29 is 4.79 Å². The van der Waals surface area contributed by atoms with Gasteiger partial charge in [0.2, 0.25) is 0 Å². The first-order valence-corrected chi connectivity index (χ1v) is 5.08. The van der Waals surface area contributed by atoms with E-state index in [0.717, 1.165) is 12.8 Å². The first-order chi connectivity index (χ1) is 6.03. The Bertz CT molecular complexity index is 269. The van der Waals surface area contributed by atoms with Gasteiger partial charge in [0.05, 0.1) is 0 Å². The minimum Gasteiger partial charge on any atom is -0.348 e. The van der Waals surface area contributed by atoms with Crippen LogP contribution in [-0.2, 0) is 4.79 Å². The predicted molar refractivity (Wildman–Crippen MR) is 54.2 cm³/mol. The molecule has 3 nitrogen and oxygen atoms in total. The molecule has 1 saturated heterocycles. The number of carbonyl (C=O) groups is 1. The lowest BCUT2D eigenvalue weighted by Gasteiger charge is -2.44. The standard InChI is InChI=1S/C9H14N2OS/c1-5(2)6-3-9(4-6)7(12)10-8(13)11-9/h5-6H,3-4H2,1-2H3,(H2,10,11,12,13). The topological polar surface area (TPSA) is 41.1 Å². The van der Waals surface area contributed by atoms with Gasteiger partial charge in [-0.15, -0.1) is 0 Å². The molecule has 4 heteroatoms. The summed E-state index contributed by atoms with van der Waals surface area (Å²) in [5.74, 6) is 1.39. The maximum absolute atomic E-state index is 11.5. The predicted octanol–water partition coefficient (Wildman–Crippen LogP) is 0.795. The molecule has 0 unspecified atom stereocenters. The molecule has 1 aliphatic heterocycles. The van der Waals surface area contributed by atoms with Crippen LogP contribution in [-0.4, -0.2) is 16.6 Å². The third-order valence-electron chi connectivity index (χ3n) is 3.18. The molecule has 2 fully saturated rings. The van der Waals surface area contributed by atoms with Crippen molar-refractivity contribution in [3.8, 4) is 0 Å². The number of rotatable bonds is 1. The molecule has 1 spiro atoms. The third-order valence-corrected chi connectivity index (χ3v) is 3.38. The van der Waals surface area contributed by atoms with Crippen LogP contribution in [0.15, 0.2) is 0 Å². The Kier molecular flexibility index (Phi) is 1.84. The molecule has 1 aliphatic carbocycles. The van der Waals surface area contributed by atoms with Gasteiger partial charge in [0.1, 0.15) is 5.54 Å². The van der Waals surface area contributed by atoms with Crippen LogP contribution < -0.4 is 10.6 Å². The summed E-state index contributed by atoms with van der Waals surface area (Å²) in [5.41, 5.74) is -0.341. The Hall–Kier alpha value is -0.640. The molecular formula is C9H14N2OS. The van der Waals surface area contributed by atoms with E-state index in [1.54, 1.807) is 0 Å². The van der Waals surface area contributed by atoms with E-state index in [2.05, 4.69) is 24.5 Å². The van der Waals surface area contributed by atoms with Gasteiger partial charge in [-0.1, -0.05) is 13.8 Å². The van der Waals surface area contributed by atoms with Crippen LogP contribution in [0.1, 0.15) is 26.7 Å². The lowest BCUT2D eigenvalue weighted by molar-refractivity contribution is -0.129. The van der Waals surface area contributed by atoms with Gasteiger partial charge in [0.15, 0.2) is 5.11 Å². The zero-order valence-corrected chi connectivity index (χ0v) is 8.70. The largest absolute Gasteiger partial charge is 0.348 e. The van der Waals surface area contributed by atoms with Gasteiger partial charge in [-0.25, -0.2) is 0 Å². The van der Waals surface area contributed by atoms with Crippen LogP contribution in [0.4, 0.5) is 0 Å². The molecule has 0 radical (unpaired) electrons. The zero-order chi connectivity index (χ0) is 9.64. The second-order valence-electron chi connectivity index (χ2n) is 4.40. The van der Waals surface area contributed by atoms with Crippen molar-refractivity contribution in [1.29, 1.82) is 0 Å². The van der Waals surface area contributed by atoms with Crippen molar-refractivity contribution in [3.05, 3.63) is 0 Å². The van der Waals surface area contributed by atoms with Gasteiger partial charge in [-0.3, -0.25) is 4.79 Å². The Morgan fingerprint density at radius 2 is 2.15 bits per heavy atom. The lowest BCUT2D eigenvalue weighted by atomic mass is 9.64. The smallest absolute Gasteiger partial charge is 0.251 e. The fraction of sp³-hybridized carbons (Fsp3) is 0.778. The first-order valence-electron chi connectivity index (χ1n) is 4.67. The van der Waals surface area contributed by atoms with E-state index >= 15 is 0 Å². The van der Waals surface area contributed by atoms with Gasteiger partial charge in [-0.2, -0.15) is 0 Å². The minimum atomic E-state index is -0.341. The number of thiocarbonyl (C=S) groups is 1. The summed E-state index contributed by atoms with van der Waals surface area (Å²) in [5, 5.41) is 6.22. The highest BCUT2D eigenvalue weighted by Gasteiger charge is 2.54. The zero-order valence-electron chi connectivity index (χ0n) is 7.89. The van der Waals surface area contributed by atoms with E-state index in [1.165, 1.54) is 0 Å². The van der Waals surface area contributed by atoms with Crippen LogP contribution >= 0.6 is 12.2 Å². The summed E-state index contributed by atoms with van der Waals surface area (Å²) in [6.45, 7) is 4.39. The monoisotopic (exact) mass is 198 g/mol. The van der Waals surface area contributed by atoms with E-state index in [0.29, 0.717) is 16.9 Å². The lowest BCUT2D eigenvalue weighted by Crippen LogP contribution is -2.57. The van der Waals surface area contributed by atoms with E-state index < -0.39 is 0 Å². The first kappa shape index (κ1) is 8.94. The van der Waals surface area contributed by atoms with Crippen molar-refractivity contribution in [2.75, 3.05) is 0 Å². The number of hydrogen-bond acceptors (Lipinski definition) is 2. The molecule has 1 amide bonds. The van der Waals surface area contributed by atoms with E-state index in [1.807, 2.05) is 0 Å². The SMILES string of the molecule is CC(C)C1CC2(C1)NC(=S)NC2=O. The normalized spacial score (nSPS) is 37.6. The average molecular weight is 198 g/mol. The Morgan fingerprint density at radius 3 is 2.54 bits per heavy atom. The van der Waals surface area contributed by atoms with Crippen LogP contribution in [0.5, 0.6) is 0 Å². The quantitative estimate of drug-likeness (QED) is 0.612. The molecule has 0 aromatic carbocycles. The molecule has 2 N–H and O–H groups in total. The number of amides is 1. The fourth-order valence-electron chi connectivity index (χ4n) is 2.12. The molecule has 0 aromatic rings. The average Bonchev–Trinajstić information content (AvgIpc) is 2.21. The minimum absolute atomic E-state index is 0.0643. The van der Waals surface area contributed by atoms with E-state index in [9.17, 15) is 4.79 Å². The molecule has 72 valence electrons. The van der Waals surface area contributed by atoms with Gasteiger partial charge in [-0.05, 0) is 36.9 Å². The van der Waals surface area contributed by atoms with Crippen molar-refractivity contribution in [3.63, 3.8) is 0 Å². The molecule has 2 aliphatic rings. The fourth-order valence-corrected chi connectivity index (χ4v) is 2.41. The summed E-state index contributed by atoms with van der Waals surface area (Å²) < 4.78 is 0. The summed E-state index contributed by atoms with van der Waals surface area (Å²) in [7, 11) is 0. The van der Waals surface area contributed by atoms with Crippen LogP contribution in [0.2, 0.25) is 0 Å². The maximum Gasteiger partial charge on any atom is 0.251 e. The maximum atomic E-state index is 11.5. The highest BCUT2D eigenvalue weighted by Crippen LogP contribution is 2.43. The van der Waals surface area contributed by atoms with Gasteiger partial charge < -0.3 is 10.6 Å². The Labute approximate surface area is 83.3 Å². The molecule has 0 atom stereocenters. The van der Waals surface area contributed by atoms with Gasteiger partial charge in [0.25, 0.3) is 5.91 Å². The Morgan fingerprint density at radius 1 is 1.54 bits per heavy atom. The van der Waals surface area contributed by atoms with Crippen molar-refractivity contribution in [1.82, 2.24) is 10.6 Å². The van der Waals surface area contributed by atoms with Gasteiger partial charge in [0, 0.05) is 0 Å². The number of nitrogens with one attached hydrogen (secondary N) is 2. The molecule has 2 rings (SSSR count). The van der Waals surface area contributed by atoms with Crippen LogP contribution in [0.3, 0.4) is 0 Å². The molecule has 1 heterocycles. The van der Waals surface area contributed by atoms with Crippen LogP contribution in [0.25, 0.3) is 0 Å². The third kappa shape index (κ3) is 1.24. The summed E-state index contributed by atoms with van der Waals surface area (Å²) in [6.07, 6.45) is 1.85. The Balaban J connectivity index is 2.03. The summed E-state index contributed by atoms with van der Waals surface area (Å²) >= 11 is 4.91. The molecule has 0 bridgehead atoms. The molecule has 0 aromatic heterocycles. The summed E-state index contributed by atoms with van der Waals surface area (Å²) in [6, 6.07) is 0. The van der Waals surface area contributed by atoms with Crippen LogP contribution in [0, 0.1) is 11.8 Å². The molecule has 1 saturated carbocycles. The molecule has 13 heavy (non-hydrogen) atoms. The number of carbonyl (C=O) groups excluding carboxylic acids is 1.